The highest BCUT2D eigenvalue weighted by Gasteiger charge is 2.33. The summed E-state index contributed by atoms with van der Waals surface area (Å²) in [7, 11) is 0. The van der Waals surface area contributed by atoms with Gasteiger partial charge in [-0.25, -0.2) is 0 Å². The van der Waals surface area contributed by atoms with E-state index in [-0.39, 0.29) is 6.42 Å². The van der Waals surface area contributed by atoms with Crippen molar-refractivity contribution >= 4 is 5.97 Å². The van der Waals surface area contributed by atoms with Gasteiger partial charge in [-0.1, -0.05) is 36.8 Å². The summed E-state index contributed by atoms with van der Waals surface area (Å²) in [6.45, 7) is 0. The molecule has 3 rings (SSSR count). The first-order valence-corrected chi connectivity index (χ1v) is 8.39. The molecule has 4 heteroatoms. The van der Waals surface area contributed by atoms with Crippen LogP contribution in [-0.4, -0.2) is 16.9 Å². The third-order valence-electron chi connectivity index (χ3n) is 4.19. The van der Waals surface area contributed by atoms with Crippen molar-refractivity contribution in [2.75, 3.05) is 0 Å². The van der Waals surface area contributed by atoms with Gasteiger partial charge < -0.3 is 14.6 Å². The Labute approximate surface area is 142 Å². The van der Waals surface area contributed by atoms with Crippen LogP contribution < -0.4 is 4.74 Å². The number of benzene rings is 2. The Morgan fingerprint density at radius 3 is 2.21 bits per heavy atom. The van der Waals surface area contributed by atoms with Crippen LogP contribution in [0.5, 0.6) is 11.5 Å². The molecule has 1 aliphatic carbocycles. The lowest BCUT2D eigenvalue weighted by Gasteiger charge is -2.31. The molecule has 0 radical (unpaired) electrons. The van der Waals surface area contributed by atoms with Crippen LogP contribution in [0.25, 0.3) is 0 Å². The van der Waals surface area contributed by atoms with Crippen molar-refractivity contribution in [1.82, 2.24) is 0 Å². The molecule has 0 spiro atoms. The Morgan fingerprint density at radius 1 is 0.917 bits per heavy atom. The van der Waals surface area contributed by atoms with Crippen molar-refractivity contribution in [2.24, 2.45) is 0 Å². The molecule has 2 aromatic carbocycles. The van der Waals surface area contributed by atoms with Crippen LogP contribution in [0.3, 0.4) is 0 Å². The molecule has 4 nitrogen and oxygen atoms in total. The summed E-state index contributed by atoms with van der Waals surface area (Å²) < 4.78 is 11.0. The molecule has 126 valence electrons. The molecule has 0 unspecified atom stereocenters. The quantitative estimate of drug-likeness (QED) is 0.660. The molecule has 1 saturated carbocycles. The zero-order valence-corrected chi connectivity index (χ0v) is 13.6. The Hall–Kier alpha value is -2.33. The van der Waals surface area contributed by atoms with Crippen LogP contribution in [0, 0.1) is 0 Å². The van der Waals surface area contributed by atoms with E-state index in [0.29, 0.717) is 18.6 Å². The van der Waals surface area contributed by atoms with E-state index in [2.05, 4.69) is 0 Å². The maximum absolute atomic E-state index is 12.0. The molecule has 0 saturated heterocycles. The number of carbonyl (C=O) groups excluding carboxylic acids is 1. The minimum absolute atomic E-state index is 0.147. The van der Waals surface area contributed by atoms with Gasteiger partial charge in [-0.15, -0.1) is 0 Å². The van der Waals surface area contributed by atoms with Crippen molar-refractivity contribution in [3.8, 4) is 11.5 Å². The fourth-order valence-electron chi connectivity index (χ4n) is 2.92. The Kier molecular flexibility index (Phi) is 5.16. The van der Waals surface area contributed by atoms with Crippen LogP contribution >= 0.6 is 0 Å². The predicted molar refractivity (Wildman–Crippen MR) is 90.8 cm³/mol. The van der Waals surface area contributed by atoms with E-state index in [1.54, 1.807) is 0 Å². The minimum atomic E-state index is -1.27. The van der Waals surface area contributed by atoms with Crippen LogP contribution in [0.2, 0.25) is 0 Å². The van der Waals surface area contributed by atoms with Gasteiger partial charge in [-0.2, -0.15) is 0 Å². The molecule has 1 N–H and O–H groups in total. The van der Waals surface area contributed by atoms with Crippen LogP contribution in [0.1, 0.15) is 37.7 Å². The molecule has 2 aromatic rings. The first-order chi connectivity index (χ1) is 11.6. The highest BCUT2D eigenvalue weighted by atomic mass is 16.7. The summed E-state index contributed by atoms with van der Waals surface area (Å²) in [5.41, 5.74) is 0.833. The highest BCUT2D eigenvalue weighted by molar-refractivity contribution is 5.73. The molecule has 0 amide bonds. The number of esters is 1. The Morgan fingerprint density at radius 2 is 1.54 bits per heavy atom. The topological polar surface area (TPSA) is 55.8 Å². The van der Waals surface area contributed by atoms with E-state index in [9.17, 15) is 9.90 Å². The van der Waals surface area contributed by atoms with Gasteiger partial charge >= 0.3 is 5.97 Å². The molecule has 0 aromatic heterocycles. The largest absolute Gasteiger partial charge is 0.457 e. The van der Waals surface area contributed by atoms with Crippen molar-refractivity contribution in [1.29, 1.82) is 0 Å². The second-order valence-corrected chi connectivity index (χ2v) is 6.22. The smallest absolute Gasteiger partial charge is 0.312 e. The Bertz CT molecular complexity index is 658. The molecular formula is C20H22O4. The van der Waals surface area contributed by atoms with Gasteiger partial charge in [0.25, 0.3) is 0 Å². The second kappa shape index (κ2) is 7.49. The molecule has 0 heterocycles. The fourth-order valence-corrected chi connectivity index (χ4v) is 2.92. The number of rotatable bonds is 5. The fraction of sp³-hybridized carbons (Fsp3) is 0.350. The minimum Gasteiger partial charge on any atom is -0.457 e. The van der Waals surface area contributed by atoms with Gasteiger partial charge in [-0.3, -0.25) is 4.79 Å². The van der Waals surface area contributed by atoms with Crippen molar-refractivity contribution in [3.63, 3.8) is 0 Å². The lowest BCUT2D eigenvalue weighted by molar-refractivity contribution is -0.219. The van der Waals surface area contributed by atoms with E-state index < -0.39 is 11.8 Å². The van der Waals surface area contributed by atoms with Crippen LogP contribution in [-0.2, 0) is 16.0 Å². The van der Waals surface area contributed by atoms with Gasteiger partial charge in [0.15, 0.2) is 0 Å². The van der Waals surface area contributed by atoms with Crippen molar-refractivity contribution in [2.45, 2.75) is 44.3 Å². The summed E-state index contributed by atoms with van der Waals surface area (Å²) in [4.78, 5) is 12.0. The summed E-state index contributed by atoms with van der Waals surface area (Å²) in [5, 5.41) is 10.3. The average Bonchev–Trinajstić information content (AvgIpc) is 2.58. The first-order valence-electron chi connectivity index (χ1n) is 8.39. The second-order valence-electron chi connectivity index (χ2n) is 6.22. The van der Waals surface area contributed by atoms with Crippen molar-refractivity contribution in [3.05, 3.63) is 60.2 Å². The standard InChI is InChI=1S/C20H22O4/c21-19(24-20(22)13-5-2-6-14-20)15-16-9-11-18(12-10-16)23-17-7-3-1-4-8-17/h1,3-4,7-12,22H,2,5-6,13-15H2. The molecule has 0 bridgehead atoms. The Balaban J connectivity index is 1.54. The van der Waals surface area contributed by atoms with Crippen LogP contribution in [0.4, 0.5) is 0 Å². The zero-order valence-electron chi connectivity index (χ0n) is 13.6. The third kappa shape index (κ3) is 4.59. The molecule has 1 fully saturated rings. The number of ether oxygens (including phenoxy) is 2. The summed E-state index contributed by atoms with van der Waals surface area (Å²) in [5.74, 6) is -0.185. The number of hydrogen-bond donors (Lipinski definition) is 1. The zero-order chi connectivity index (χ0) is 16.8. The molecule has 0 atom stereocenters. The number of para-hydroxylation sites is 1. The van der Waals surface area contributed by atoms with E-state index in [4.69, 9.17) is 9.47 Å². The monoisotopic (exact) mass is 326 g/mol. The average molecular weight is 326 g/mol. The number of hydrogen-bond acceptors (Lipinski definition) is 4. The third-order valence-corrected chi connectivity index (χ3v) is 4.19. The van der Waals surface area contributed by atoms with E-state index >= 15 is 0 Å². The molecule has 1 aliphatic rings. The lowest BCUT2D eigenvalue weighted by Crippen LogP contribution is -2.37. The normalized spacial score (nSPS) is 16.4. The lowest BCUT2D eigenvalue weighted by atomic mass is 9.94. The maximum atomic E-state index is 12.0. The van der Waals surface area contributed by atoms with E-state index in [1.807, 2.05) is 54.6 Å². The highest BCUT2D eigenvalue weighted by Crippen LogP contribution is 2.29. The summed E-state index contributed by atoms with van der Waals surface area (Å²) >= 11 is 0. The van der Waals surface area contributed by atoms with Gasteiger partial charge in [0, 0.05) is 12.8 Å². The molecule has 24 heavy (non-hydrogen) atoms. The first kappa shape index (κ1) is 16.5. The van der Waals surface area contributed by atoms with Gasteiger partial charge in [0.2, 0.25) is 5.79 Å². The predicted octanol–water partition coefficient (Wildman–Crippen LogP) is 4.22. The van der Waals surface area contributed by atoms with E-state index in [1.165, 1.54) is 0 Å². The maximum Gasteiger partial charge on any atom is 0.312 e. The van der Waals surface area contributed by atoms with Crippen LogP contribution in [0.15, 0.2) is 54.6 Å². The molecular weight excluding hydrogens is 304 g/mol. The molecule has 0 aliphatic heterocycles. The van der Waals surface area contributed by atoms with Gasteiger partial charge in [0.1, 0.15) is 11.5 Å². The van der Waals surface area contributed by atoms with Gasteiger partial charge in [0.05, 0.1) is 6.42 Å². The SMILES string of the molecule is O=C(Cc1ccc(Oc2ccccc2)cc1)OC1(O)CCCCC1. The summed E-state index contributed by atoms with van der Waals surface area (Å²) in [6.07, 6.45) is 4.09. The van der Waals surface area contributed by atoms with Gasteiger partial charge in [-0.05, 0) is 42.7 Å². The number of aliphatic hydroxyl groups is 1. The van der Waals surface area contributed by atoms with E-state index in [0.717, 1.165) is 30.6 Å². The number of carbonyl (C=O) groups is 1. The van der Waals surface area contributed by atoms with Crippen molar-refractivity contribution < 1.29 is 19.4 Å². The summed E-state index contributed by atoms with van der Waals surface area (Å²) in [6, 6.07) is 16.9.